The quantitative estimate of drug-likeness (QED) is 0.345. The first-order valence-corrected chi connectivity index (χ1v) is 7.68. The molecule has 24 heavy (non-hydrogen) atoms. The van der Waals surface area contributed by atoms with Gasteiger partial charge >= 0.3 is 5.97 Å². The maximum absolute atomic E-state index is 11.9. The molecule has 4 atom stereocenters. The van der Waals surface area contributed by atoms with Gasteiger partial charge in [-0.3, -0.25) is 10.1 Å². The standard InChI is InChI=1S/C14H14N2O7S/c1-21-14-12(24-7-15)11(17)10(23-14)6-22-13(18)8-2-4-9(5-3-8)16(19)20/h2-5,10-12,14,17H,6H2,1H3/t10-,11+,12+,14+/m0/s1. The van der Waals surface area contributed by atoms with Crippen LogP contribution in [0.5, 0.6) is 0 Å². The number of benzene rings is 1. The largest absolute Gasteiger partial charge is 0.459 e. The number of nitro benzene ring substituents is 1. The number of thiocyanates is 1. The van der Waals surface area contributed by atoms with E-state index in [1.165, 1.54) is 31.4 Å². The maximum Gasteiger partial charge on any atom is 0.338 e. The number of non-ortho nitro benzene ring substituents is 1. The second-order valence-electron chi connectivity index (χ2n) is 4.85. The van der Waals surface area contributed by atoms with Gasteiger partial charge in [0.2, 0.25) is 0 Å². The van der Waals surface area contributed by atoms with Crippen molar-refractivity contribution in [1.82, 2.24) is 0 Å². The number of rotatable bonds is 6. The second kappa shape index (κ2) is 8.07. The van der Waals surface area contributed by atoms with Crippen molar-refractivity contribution in [3.63, 3.8) is 0 Å². The number of nitro groups is 1. The SMILES string of the molecule is CO[C@@H]1O[C@@H](COC(=O)c2ccc([N+](=O)[O-])cc2)[C@@H](O)[C@H]1SC#N. The number of aliphatic hydroxyl groups is 1. The molecule has 0 bridgehead atoms. The van der Waals surface area contributed by atoms with E-state index in [9.17, 15) is 20.0 Å². The predicted molar refractivity (Wildman–Crippen MR) is 82.0 cm³/mol. The molecule has 1 aromatic carbocycles. The van der Waals surface area contributed by atoms with Gasteiger partial charge in [0, 0.05) is 19.2 Å². The van der Waals surface area contributed by atoms with Gasteiger partial charge in [-0.1, -0.05) is 0 Å². The fourth-order valence-electron chi connectivity index (χ4n) is 2.18. The van der Waals surface area contributed by atoms with Crippen LogP contribution in [-0.2, 0) is 14.2 Å². The van der Waals surface area contributed by atoms with Gasteiger partial charge < -0.3 is 19.3 Å². The molecular formula is C14H14N2O7S. The highest BCUT2D eigenvalue weighted by molar-refractivity contribution is 8.04. The van der Waals surface area contributed by atoms with Crippen molar-refractivity contribution in [2.45, 2.75) is 23.7 Å². The monoisotopic (exact) mass is 354 g/mol. The van der Waals surface area contributed by atoms with E-state index in [0.29, 0.717) is 0 Å². The van der Waals surface area contributed by atoms with Crippen molar-refractivity contribution in [3.8, 4) is 5.40 Å². The van der Waals surface area contributed by atoms with Gasteiger partial charge in [0.05, 0.1) is 15.7 Å². The predicted octanol–water partition coefficient (Wildman–Crippen LogP) is 1.07. The zero-order chi connectivity index (χ0) is 17.7. The Morgan fingerprint density at radius 2 is 2.17 bits per heavy atom. The van der Waals surface area contributed by atoms with Crippen LogP contribution in [0, 0.1) is 20.8 Å². The molecule has 2 rings (SSSR count). The minimum absolute atomic E-state index is 0.138. The normalized spacial score (nSPS) is 25.9. The first-order chi connectivity index (χ1) is 11.5. The van der Waals surface area contributed by atoms with Gasteiger partial charge in [0.1, 0.15) is 24.2 Å². The number of thioether (sulfide) groups is 1. The lowest BCUT2D eigenvalue weighted by molar-refractivity contribution is -0.384. The Bertz CT molecular complexity index is 646. The molecule has 1 N–H and O–H groups in total. The molecule has 9 nitrogen and oxygen atoms in total. The smallest absolute Gasteiger partial charge is 0.338 e. The number of hydrogen-bond acceptors (Lipinski definition) is 9. The molecular weight excluding hydrogens is 340 g/mol. The zero-order valence-corrected chi connectivity index (χ0v) is 13.3. The third-order valence-corrected chi connectivity index (χ3v) is 4.29. The number of carbonyl (C=O) groups excluding carboxylic acids is 1. The number of methoxy groups -OCH3 is 1. The van der Waals surface area contributed by atoms with Crippen molar-refractivity contribution in [2.75, 3.05) is 13.7 Å². The molecule has 0 radical (unpaired) electrons. The molecule has 0 spiro atoms. The highest BCUT2D eigenvalue weighted by Crippen LogP contribution is 2.31. The van der Waals surface area contributed by atoms with Gasteiger partial charge in [-0.15, -0.1) is 0 Å². The van der Waals surface area contributed by atoms with E-state index in [2.05, 4.69) is 0 Å². The van der Waals surface area contributed by atoms with E-state index in [1.54, 1.807) is 0 Å². The highest BCUT2D eigenvalue weighted by Gasteiger charge is 2.45. The average molecular weight is 354 g/mol. The summed E-state index contributed by atoms with van der Waals surface area (Å²) in [5.41, 5.74) is -0.000247. The Balaban J connectivity index is 1.94. The van der Waals surface area contributed by atoms with Crippen molar-refractivity contribution >= 4 is 23.4 Å². The van der Waals surface area contributed by atoms with Gasteiger partial charge in [-0.05, 0) is 23.9 Å². The minimum atomic E-state index is -1.04. The van der Waals surface area contributed by atoms with Crippen molar-refractivity contribution in [1.29, 1.82) is 5.26 Å². The molecule has 1 aromatic rings. The molecule has 1 aliphatic rings. The summed E-state index contributed by atoms with van der Waals surface area (Å²) in [6, 6.07) is 4.94. The minimum Gasteiger partial charge on any atom is -0.459 e. The lowest BCUT2D eigenvalue weighted by Gasteiger charge is -2.15. The molecule has 1 saturated heterocycles. The van der Waals surface area contributed by atoms with Crippen LogP contribution in [-0.4, -0.2) is 53.5 Å². The van der Waals surface area contributed by atoms with Crippen molar-refractivity contribution < 1.29 is 29.0 Å². The molecule has 0 amide bonds. The van der Waals surface area contributed by atoms with Crippen LogP contribution in [0.25, 0.3) is 0 Å². The number of nitrogens with zero attached hydrogens (tertiary/aromatic N) is 2. The van der Waals surface area contributed by atoms with Crippen LogP contribution in [0.1, 0.15) is 10.4 Å². The summed E-state index contributed by atoms with van der Waals surface area (Å²) in [6.07, 6.45) is -2.65. The van der Waals surface area contributed by atoms with E-state index in [-0.39, 0.29) is 17.9 Å². The Morgan fingerprint density at radius 3 is 2.71 bits per heavy atom. The highest BCUT2D eigenvalue weighted by atomic mass is 32.2. The van der Waals surface area contributed by atoms with Crippen LogP contribution in [0.15, 0.2) is 24.3 Å². The lowest BCUT2D eigenvalue weighted by atomic mass is 10.2. The van der Waals surface area contributed by atoms with E-state index < -0.39 is 34.6 Å². The van der Waals surface area contributed by atoms with Crippen LogP contribution < -0.4 is 0 Å². The first kappa shape index (κ1) is 18.2. The Morgan fingerprint density at radius 1 is 1.50 bits per heavy atom. The number of ether oxygens (including phenoxy) is 3. The van der Waals surface area contributed by atoms with Gasteiger partial charge in [0.25, 0.3) is 5.69 Å². The lowest BCUT2D eigenvalue weighted by Crippen LogP contribution is -2.33. The molecule has 0 aliphatic carbocycles. The van der Waals surface area contributed by atoms with E-state index in [0.717, 1.165) is 11.8 Å². The first-order valence-electron chi connectivity index (χ1n) is 6.80. The van der Waals surface area contributed by atoms with Gasteiger partial charge in [-0.2, -0.15) is 5.26 Å². The number of carbonyl (C=O) groups is 1. The Hall–Kier alpha value is -2.19. The summed E-state index contributed by atoms with van der Waals surface area (Å²) < 4.78 is 15.5. The van der Waals surface area contributed by atoms with Gasteiger partial charge in [0.15, 0.2) is 6.29 Å². The zero-order valence-electron chi connectivity index (χ0n) is 12.5. The number of esters is 1. The van der Waals surface area contributed by atoms with Crippen molar-refractivity contribution in [3.05, 3.63) is 39.9 Å². The summed E-state index contributed by atoms with van der Waals surface area (Å²) in [7, 11) is 1.38. The number of aliphatic hydroxyl groups excluding tert-OH is 1. The van der Waals surface area contributed by atoms with Crippen LogP contribution in [0.3, 0.4) is 0 Å². The number of hydrogen-bond donors (Lipinski definition) is 1. The van der Waals surface area contributed by atoms with Crippen LogP contribution in [0.4, 0.5) is 5.69 Å². The van der Waals surface area contributed by atoms with E-state index in [1.807, 2.05) is 5.40 Å². The molecule has 0 saturated carbocycles. The van der Waals surface area contributed by atoms with E-state index in [4.69, 9.17) is 19.5 Å². The summed E-state index contributed by atoms with van der Waals surface area (Å²) in [5, 5.41) is 30.7. The fraction of sp³-hybridized carbons (Fsp3) is 0.429. The molecule has 0 unspecified atom stereocenters. The Kier molecular flexibility index (Phi) is 6.10. The summed E-state index contributed by atoms with van der Waals surface area (Å²) in [4.78, 5) is 21.9. The molecule has 128 valence electrons. The third-order valence-electron chi connectivity index (χ3n) is 3.41. The molecule has 0 aromatic heterocycles. The maximum atomic E-state index is 11.9. The molecule has 1 aliphatic heterocycles. The third kappa shape index (κ3) is 4.01. The molecule has 1 fully saturated rings. The van der Waals surface area contributed by atoms with Crippen molar-refractivity contribution in [2.24, 2.45) is 0 Å². The number of nitriles is 1. The topological polar surface area (TPSA) is 132 Å². The summed E-state index contributed by atoms with van der Waals surface area (Å²) in [5.74, 6) is -0.703. The Labute approximate surface area is 141 Å². The summed E-state index contributed by atoms with van der Waals surface area (Å²) >= 11 is 0.820. The molecule has 10 heteroatoms. The second-order valence-corrected chi connectivity index (χ2v) is 5.81. The van der Waals surface area contributed by atoms with Crippen LogP contribution in [0.2, 0.25) is 0 Å². The van der Waals surface area contributed by atoms with Gasteiger partial charge in [-0.25, -0.2) is 4.79 Å². The fourth-order valence-corrected chi connectivity index (χ4v) is 2.90. The van der Waals surface area contributed by atoms with Crippen LogP contribution >= 0.6 is 11.8 Å². The van der Waals surface area contributed by atoms with E-state index >= 15 is 0 Å². The summed E-state index contributed by atoms with van der Waals surface area (Å²) in [6.45, 7) is -0.237. The average Bonchev–Trinajstić information content (AvgIpc) is 2.89. The molecule has 1 heterocycles.